The lowest BCUT2D eigenvalue weighted by Crippen LogP contribution is -2.37. The Morgan fingerprint density at radius 1 is 1.21 bits per heavy atom. The summed E-state index contributed by atoms with van der Waals surface area (Å²) in [6, 6.07) is 14.4. The van der Waals surface area contributed by atoms with Crippen molar-refractivity contribution in [3.8, 4) is 0 Å². The normalized spacial score (nSPS) is 15.9. The minimum Gasteiger partial charge on any atom is -0.376 e. The molecular weight excluding hydrogens is 431 g/mol. The van der Waals surface area contributed by atoms with Crippen molar-refractivity contribution < 1.29 is 13.9 Å². The van der Waals surface area contributed by atoms with E-state index in [1.165, 1.54) is 12.1 Å². The number of amides is 1. The van der Waals surface area contributed by atoms with Crippen LogP contribution in [0.15, 0.2) is 48.5 Å². The van der Waals surface area contributed by atoms with Crippen molar-refractivity contribution in [3.05, 3.63) is 76.9 Å². The van der Waals surface area contributed by atoms with Gasteiger partial charge in [0.05, 0.1) is 11.6 Å². The van der Waals surface area contributed by atoms with E-state index in [9.17, 15) is 9.18 Å². The largest absolute Gasteiger partial charge is 0.376 e. The molecule has 0 radical (unpaired) electrons. The molecule has 1 aliphatic rings. The predicted molar refractivity (Wildman–Crippen MR) is 129 cm³/mol. The number of nitrogens with zero attached hydrogens (tertiary/aromatic N) is 4. The van der Waals surface area contributed by atoms with Crippen LogP contribution in [0.5, 0.6) is 0 Å². The van der Waals surface area contributed by atoms with Crippen molar-refractivity contribution >= 4 is 22.5 Å². The van der Waals surface area contributed by atoms with E-state index in [0.717, 1.165) is 58.5 Å². The number of aryl methyl sites for hydroxylation is 2. The molecule has 1 amide bonds. The summed E-state index contributed by atoms with van der Waals surface area (Å²) in [5.74, 6) is -0.261. The number of ether oxygens (including phenoxy) is 1. The van der Waals surface area contributed by atoms with Crippen molar-refractivity contribution in [2.75, 3.05) is 13.2 Å². The molecule has 176 valence electrons. The van der Waals surface area contributed by atoms with Crippen LogP contribution in [0.4, 0.5) is 4.39 Å². The Morgan fingerprint density at radius 2 is 2.06 bits per heavy atom. The van der Waals surface area contributed by atoms with Crippen LogP contribution in [-0.2, 0) is 22.5 Å². The summed E-state index contributed by atoms with van der Waals surface area (Å²) in [5, 5.41) is 5.74. The Balaban J connectivity index is 1.37. The first-order valence-electron chi connectivity index (χ1n) is 11.9. The van der Waals surface area contributed by atoms with E-state index in [2.05, 4.69) is 0 Å². The highest BCUT2D eigenvalue weighted by molar-refractivity contribution is 5.92. The van der Waals surface area contributed by atoms with Gasteiger partial charge in [0.1, 0.15) is 5.82 Å². The van der Waals surface area contributed by atoms with Crippen molar-refractivity contribution in [2.24, 2.45) is 0 Å². The number of hydrogen-bond donors (Lipinski definition) is 0. The van der Waals surface area contributed by atoms with Gasteiger partial charge in [0.25, 0.3) is 0 Å². The van der Waals surface area contributed by atoms with E-state index in [0.29, 0.717) is 25.9 Å². The second-order valence-corrected chi connectivity index (χ2v) is 9.05. The molecule has 6 nitrogen and oxygen atoms in total. The molecular formula is C27H29FN4O2. The molecule has 0 saturated carbocycles. The van der Waals surface area contributed by atoms with E-state index in [-0.39, 0.29) is 17.8 Å². The summed E-state index contributed by atoms with van der Waals surface area (Å²) in [5.41, 5.74) is 5.48. The summed E-state index contributed by atoms with van der Waals surface area (Å²) in [7, 11) is 0. The number of fused-ring (bicyclic) bond motifs is 3. The summed E-state index contributed by atoms with van der Waals surface area (Å²) in [6.07, 6.45) is 2.90. The summed E-state index contributed by atoms with van der Waals surface area (Å²) in [6.45, 7) is 5.65. The van der Waals surface area contributed by atoms with Crippen LogP contribution in [0, 0.1) is 19.7 Å². The third kappa shape index (κ3) is 4.53. The lowest BCUT2D eigenvalue weighted by molar-refractivity contribution is -0.133. The number of benzene rings is 2. The average molecular weight is 461 g/mol. The average Bonchev–Trinajstić information content (AvgIpc) is 3.46. The zero-order chi connectivity index (χ0) is 23.7. The first-order valence-corrected chi connectivity index (χ1v) is 11.9. The topological polar surface area (TPSA) is 59.7 Å². The highest BCUT2D eigenvalue weighted by Crippen LogP contribution is 2.24. The van der Waals surface area contributed by atoms with Crippen LogP contribution < -0.4 is 0 Å². The first-order chi connectivity index (χ1) is 16.5. The molecule has 34 heavy (non-hydrogen) atoms. The van der Waals surface area contributed by atoms with Crippen LogP contribution in [0.2, 0.25) is 0 Å². The molecule has 0 N–H and O–H groups in total. The maximum atomic E-state index is 13.7. The van der Waals surface area contributed by atoms with Crippen LogP contribution in [0.25, 0.3) is 16.6 Å². The molecule has 0 spiro atoms. The van der Waals surface area contributed by atoms with Gasteiger partial charge in [-0.05, 0) is 68.5 Å². The third-order valence-electron chi connectivity index (χ3n) is 6.67. The monoisotopic (exact) mass is 460 g/mol. The Labute approximate surface area is 198 Å². The highest BCUT2D eigenvalue weighted by atomic mass is 19.1. The molecule has 7 heteroatoms. The molecule has 1 saturated heterocycles. The van der Waals surface area contributed by atoms with Gasteiger partial charge < -0.3 is 9.64 Å². The standard InChI is InChI=1S/C27H29FN4O2/c1-18-23(19(2)32-27(29-18)24-10-3-4-11-25(24)30-32)12-13-26(33)31(17-22-9-6-14-34-22)16-20-7-5-8-21(28)15-20/h3-5,7-8,10-11,15,22H,6,9,12-14,16-17H2,1-2H3. The molecule has 0 aliphatic carbocycles. The highest BCUT2D eigenvalue weighted by Gasteiger charge is 2.24. The van der Waals surface area contributed by atoms with Gasteiger partial charge in [-0.15, -0.1) is 0 Å². The molecule has 4 aromatic rings. The fourth-order valence-corrected chi connectivity index (χ4v) is 4.87. The van der Waals surface area contributed by atoms with Gasteiger partial charge in [0.2, 0.25) is 5.91 Å². The lowest BCUT2D eigenvalue weighted by Gasteiger charge is -2.26. The zero-order valence-corrected chi connectivity index (χ0v) is 19.6. The Kier molecular flexibility index (Phi) is 6.28. The van der Waals surface area contributed by atoms with E-state index >= 15 is 0 Å². The fraction of sp³-hybridized carbons (Fsp3) is 0.370. The summed E-state index contributed by atoms with van der Waals surface area (Å²) >= 11 is 0. The minimum absolute atomic E-state index is 0.0317. The quantitative estimate of drug-likeness (QED) is 0.398. The van der Waals surface area contributed by atoms with Gasteiger partial charge in [0.15, 0.2) is 5.65 Å². The predicted octanol–water partition coefficient (Wildman–Crippen LogP) is 4.78. The molecule has 1 atom stereocenters. The minimum atomic E-state index is -0.292. The second kappa shape index (κ2) is 9.50. The third-order valence-corrected chi connectivity index (χ3v) is 6.67. The smallest absolute Gasteiger partial charge is 0.223 e. The van der Waals surface area contributed by atoms with Crippen LogP contribution in [0.1, 0.15) is 41.8 Å². The second-order valence-electron chi connectivity index (χ2n) is 9.05. The van der Waals surface area contributed by atoms with Crippen LogP contribution in [0.3, 0.4) is 0 Å². The molecule has 1 fully saturated rings. The van der Waals surface area contributed by atoms with Gasteiger partial charge in [-0.1, -0.05) is 24.3 Å². The number of carbonyl (C=O) groups is 1. The van der Waals surface area contributed by atoms with Crippen molar-refractivity contribution in [1.29, 1.82) is 0 Å². The summed E-state index contributed by atoms with van der Waals surface area (Å²) in [4.78, 5) is 20.0. The Bertz CT molecular complexity index is 1340. The Morgan fingerprint density at radius 3 is 2.85 bits per heavy atom. The van der Waals surface area contributed by atoms with Gasteiger partial charge in [-0.3, -0.25) is 4.79 Å². The molecule has 0 bridgehead atoms. The van der Waals surface area contributed by atoms with E-state index in [4.69, 9.17) is 14.8 Å². The van der Waals surface area contributed by atoms with Crippen molar-refractivity contribution in [3.63, 3.8) is 0 Å². The molecule has 3 heterocycles. The van der Waals surface area contributed by atoms with Gasteiger partial charge in [0, 0.05) is 42.9 Å². The van der Waals surface area contributed by atoms with Crippen molar-refractivity contribution in [2.45, 2.75) is 52.2 Å². The number of hydrogen-bond acceptors (Lipinski definition) is 4. The maximum absolute atomic E-state index is 13.7. The molecule has 2 aromatic carbocycles. The van der Waals surface area contributed by atoms with Gasteiger partial charge in [-0.2, -0.15) is 5.10 Å². The maximum Gasteiger partial charge on any atom is 0.223 e. The van der Waals surface area contributed by atoms with Crippen LogP contribution in [-0.4, -0.2) is 44.7 Å². The van der Waals surface area contributed by atoms with Gasteiger partial charge >= 0.3 is 0 Å². The zero-order valence-electron chi connectivity index (χ0n) is 19.6. The molecule has 1 unspecified atom stereocenters. The van der Waals surface area contributed by atoms with Gasteiger partial charge in [-0.25, -0.2) is 13.9 Å². The lowest BCUT2D eigenvalue weighted by atomic mass is 10.1. The first kappa shape index (κ1) is 22.5. The molecule has 1 aliphatic heterocycles. The van der Waals surface area contributed by atoms with E-state index < -0.39 is 0 Å². The van der Waals surface area contributed by atoms with Crippen LogP contribution >= 0.6 is 0 Å². The Hall–Kier alpha value is -3.32. The number of rotatable bonds is 7. The SMILES string of the molecule is Cc1nc2c3ccccc3nn2c(C)c1CCC(=O)N(Cc1cccc(F)c1)CC1CCCO1. The number of aromatic nitrogens is 3. The molecule has 5 rings (SSSR count). The van der Waals surface area contributed by atoms with E-state index in [1.807, 2.05) is 53.6 Å². The summed E-state index contributed by atoms with van der Waals surface area (Å²) < 4.78 is 21.4. The number of halogens is 1. The molecule has 2 aromatic heterocycles. The number of carbonyl (C=O) groups excluding carboxylic acids is 1. The van der Waals surface area contributed by atoms with Crippen molar-refractivity contribution in [1.82, 2.24) is 19.5 Å². The fourth-order valence-electron chi connectivity index (χ4n) is 4.87. The van der Waals surface area contributed by atoms with E-state index in [1.54, 1.807) is 6.07 Å².